The number of rotatable bonds is 0. The second kappa shape index (κ2) is 2.68. The van der Waals surface area contributed by atoms with Gasteiger partial charge in [-0.2, -0.15) is 0 Å². The summed E-state index contributed by atoms with van der Waals surface area (Å²) < 4.78 is 5.41. The van der Waals surface area contributed by atoms with Crippen molar-refractivity contribution in [2.75, 3.05) is 6.61 Å². The maximum Gasteiger partial charge on any atom is 0.162 e. The van der Waals surface area contributed by atoms with Gasteiger partial charge in [-0.15, -0.1) is 0 Å². The normalized spacial score (nSPS) is 24.5. The zero-order chi connectivity index (χ0) is 7.68. The molecular weight excluding hydrogens is 140 g/mol. The lowest BCUT2D eigenvalue weighted by molar-refractivity contribution is -0.116. The van der Waals surface area contributed by atoms with Crippen LogP contribution in [-0.4, -0.2) is 12.4 Å². The molecule has 2 heteroatoms. The highest BCUT2D eigenvalue weighted by Crippen LogP contribution is 2.29. The predicted molar refractivity (Wildman–Crippen MR) is 41.1 cm³/mol. The summed E-state index contributed by atoms with van der Waals surface area (Å²) in [4.78, 5) is 11.3. The number of Topliss-reactive ketones (excluding diaryl/α,β-unsaturated/α-hetero) is 1. The molecule has 0 aromatic carbocycles. The molecule has 0 atom stereocenters. The summed E-state index contributed by atoms with van der Waals surface area (Å²) in [6.07, 6.45) is 4.68. The van der Waals surface area contributed by atoms with Crippen LogP contribution in [0.5, 0.6) is 0 Å². The molecule has 0 radical (unpaired) electrons. The summed E-state index contributed by atoms with van der Waals surface area (Å²) in [5, 5.41) is 0. The Morgan fingerprint density at radius 2 is 2.00 bits per heavy atom. The predicted octanol–water partition coefficient (Wildman–Crippen LogP) is 1.80. The van der Waals surface area contributed by atoms with Crippen LogP contribution in [0.25, 0.3) is 0 Å². The Hall–Kier alpha value is -0.790. The van der Waals surface area contributed by atoms with E-state index >= 15 is 0 Å². The zero-order valence-electron chi connectivity index (χ0n) is 6.56. The molecule has 0 saturated carbocycles. The van der Waals surface area contributed by atoms with Gasteiger partial charge in [0, 0.05) is 18.4 Å². The van der Waals surface area contributed by atoms with Crippen molar-refractivity contribution in [1.82, 2.24) is 0 Å². The minimum Gasteiger partial charge on any atom is -0.498 e. The highest BCUT2D eigenvalue weighted by molar-refractivity contribution is 5.96. The van der Waals surface area contributed by atoms with Gasteiger partial charge in [-0.3, -0.25) is 4.79 Å². The molecule has 2 nitrogen and oxygen atoms in total. The van der Waals surface area contributed by atoms with Crippen LogP contribution in [0.3, 0.4) is 0 Å². The van der Waals surface area contributed by atoms with Crippen LogP contribution in [-0.2, 0) is 9.53 Å². The van der Waals surface area contributed by atoms with Crippen LogP contribution in [0.2, 0.25) is 0 Å². The van der Waals surface area contributed by atoms with Crippen molar-refractivity contribution in [3.63, 3.8) is 0 Å². The Balaban J connectivity index is 2.27. The molecule has 60 valence electrons. The van der Waals surface area contributed by atoms with Crippen molar-refractivity contribution < 1.29 is 9.53 Å². The van der Waals surface area contributed by atoms with E-state index in [0.717, 1.165) is 50.0 Å². The first-order chi connectivity index (χ1) is 5.38. The smallest absolute Gasteiger partial charge is 0.162 e. The van der Waals surface area contributed by atoms with Crippen LogP contribution in [0, 0.1) is 0 Å². The number of carbonyl (C=O) groups is 1. The van der Waals surface area contributed by atoms with E-state index in [2.05, 4.69) is 0 Å². The van der Waals surface area contributed by atoms with Gasteiger partial charge in [0.15, 0.2) is 5.78 Å². The van der Waals surface area contributed by atoms with E-state index in [9.17, 15) is 4.79 Å². The molecule has 0 N–H and O–H groups in total. The Bertz CT molecular complexity index is 212. The van der Waals surface area contributed by atoms with Gasteiger partial charge in [-0.05, 0) is 19.3 Å². The third kappa shape index (κ3) is 1.17. The lowest BCUT2D eigenvalue weighted by Crippen LogP contribution is -2.17. The number of hydrogen-bond acceptors (Lipinski definition) is 2. The molecule has 0 amide bonds. The van der Waals surface area contributed by atoms with Crippen LogP contribution < -0.4 is 0 Å². The Labute approximate surface area is 66.2 Å². The molecule has 1 aliphatic carbocycles. The van der Waals surface area contributed by atoms with Crippen LogP contribution in [0.1, 0.15) is 32.1 Å². The molecule has 0 saturated heterocycles. The van der Waals surface area contributed by atoms with Gasteiger partial charge in [-0.25, -0.2) is 0 Å². The van der Waals surface area contributed by atoms with Gasteiger partial charge in [0.05, 0.1) is 6.61 Å². The summed E-state index contributed by atoms with van der Waals surface area (Å²) in [5.41, 5.74) is 0.988. The molecule has 0 unspecified atom stereocenters. The first-order valence-electron chi connectivity index (χ1n) is 4.26. The lowest BCUT2D eigenvalue weighted by Gasteiger charge is -2.23. The van der Waals surface area contributed by atoms with Gasteiger partial charge in [0.1, 0.15) is 5.76 Å². The molecule has 0 aromatic rings. The van der Waals surface area contributed by atoms with E-state index in [1.165, 1.54) is 0 Å². The molecule has 11 heavy (non-hydrogen) atoms. The van der Waals surface area contributed by atoms with Crippen molar-refractivity contribution in [3.8, 4) is 0 Å². The van der Waals surface area contributed by atoms with E-state index in [1.807, 2.05) is 0 Å². The molecule has 2 rings (SSSR count). The SMILES string of the molecule is O=C1CCCC2=C1CCCO2. The fraction of sp³-hybridized carbons (Fsp3) is 0.667. The lowest BCUT2D eigenvalue weighted by atomic mass is 9.92. The highest BCUT2D eigenvalue weighted by atomic mass is 16.5. The van der Waals surface area contributed by atoms with Gasteiger partial charge < -0.3 is 4.74 Å². The van der Waals surface area contributed by atoms with Crippen molar-refractivity contribution in [3.05, 3.63) is 11.3 Å². The van der Waals surface area contributed by atoms with Crippen molar-refractivity contribution in [2.45, 2.75) is 32.1 Å². The van der Waals surface area contributed by atoms with Crippen molar-refractivity contribution in [2.24, 2.45) is 0 Å². The van der Waals surface area contributed by atoms with E-state index in [-0.39, 0.29) is 0 Å². The highest BCUT2D eigenvalue weighted by Gasteiger charge is 2.23. The van der Waals surface area contributed by atoms with Gasteiger partial charge in [0.25, 0.3) is 0 Å². The standard InChI is InChI=1S/C9H12O2/c10-8-4-1-5-9-7(8)3-2-6-11-9/h1-6H2. The molecule has 1 heterocycles. The average molecular weight is 152 g/mol. The first-order valence-corrected chi connectivity index (χ1v) is 4.26. The number of ether oxygens (including phenoxy) is 1. The summed E-state index contributed by atoms with van der Waals surface area (Å²) in [5.74, 6) is 1.32. The maximum absolute atomic E-state index is 11.3. The average Bonchev–Trinajstić information content (AvgIpc) is 2.06. The van der Waals surface area contributed by atoms with Crippen LogP contribution >= 0.6 is 0 Å². The maximum atomic E-state index is 11.3. The molecule has 0 spiro atoms. The topological polar surface area (TPSA) is 26.3 Å². The van der Waals surface area contributed by atoms with Crippen LogP contribution in [0.15, 0.2) is 11.3 Å². The van der Waals surface area contributed by atoms with Crippen LogP contribution in [0.4, 0.5) is 0 Å². The largest absolute Gasteiger partial charge is 0.498 e. The molecule has 1 aliphatic heterocycles. The van der Waals surface area contributed by atoms with Crippen molar-refractivity contribution in [1.29, 1.82) is 0 Å². The monoisotopic (exact) mass is 152 g/mol. The summed E-state index contributed by atoms with van der Waals surface area (Å²) in [7, 11) is 0. The molecule has 0 aromatic heterocycles. The third-order valence-electron chi connectivity index (χ3n) is 2.33. The first kappa shape index (κ1) is 6.89. The molecular formula is C9H12O2. The number of carbonyl (C=O) groups excluding carboxylic acids is 1. The number of allylic oxidation sites excluding steroid dienone is 2. The Morgan fingerprint density at radius 3 is 2.82 bits per heavy atom. The fourth-order valence-electron chi connectivity index (χ4n) is 1.75. The number of hydrogen-bond donors (Lipinski definition) is 0. The molecule has 2 aliphatic rings. The van der Waals surface area contributed by atoms with E-state index in [0.29, 0.717) is 5.78 Å². The van der Waals surface area contributed by atoms with Crippen molar-refractivity contribution >= 4 is 5.78 Å². The molecule has 0 fully saturated rings. The quantitative estimate of drug-likeness (QED) is 0.529. The zero-order valence-corrected chi connectivity index (χ0v) is 6.56. The summed E-state index contributed by atoms with van der Waals surface area (Å²) in [6.45, 7) is 0.812. The van der Waals surface area contributed by atoms with Gasteiger partial charge in [-0.1, -0.05) is 0 Å². The van der Waals surface area contributed by atoms with E-state index in [1.54, 1.807) is 0 Å². The second-order valence-corrected chi connectivity index (χ2v) is 3.13. The second-order valence-electron chi connectivity index (χ2n) is 3.13. The fourth-order valence-corrected chi connectivity index (χ4v) is 1.75. The Kier molecular flexibility index (Phi) is 1.68. The van der Waals surface area contributed by atoms with Gasteiger partial charge in [0.2, 0.25) is 0 Å². The molecule has 0 bridgehead atoms. The summed E-state index contributed by atoms with van der Waals surface area (Å²) in [6, 6.07) is 0. The Morgan fingerprint density at radius 1 is 1.09 bits per heavy atom. The third-order valence-corrected chi connectivity index (χ3v) is 2.33. The number of ketones is 1. The minimum atomic E-state index is 0.325. The van der Waals surface area contributed by atoms with E-state index in [4.69, 9.17) is 4.74 Å². The van der Waals surface area contributed by atoms with E-state index < -0.39 is 0 Å². The van der Waals surface area contributed by atoms with Gasteiger partial charge >= 0.3 is 0 Å². The summed E-state index contributed by atoms with van der Waals surface area (Å²) >= 11 is 0. The minimum absolute atomic E-state index is 0.325.